The van der Waals surface area contributed by atoms with Gasteiger partial charge >= 0.3 is 6.03 Å². The number of urea groups is 1. The molecule has 0 bridgehead atoms. The molecule has 0 radical (unpaired) electrons. The van der Waals surface area contributed by atoms with E-state index >= 15 is 0 Å². The van der Waals surface area contributed by atoms with Crippen LogP contribution in [0.5, 0.6) is 0 Å². The first-order valence-electron chi connectivity index (χ1n) is 9.09. The minimum atomic E-state index is -4.12. The number of rotatable bonds is 4. The number of alkyl halides is 1. The highest BCUT2D eigenvalue weighted by Gasteiger charge is 2.30. The monoisotopic (exact) mass is 470 g/mol. The quantitative estimate of drug-likeness (QED) is 0.671. The largest absolute Gasteiger partial charge is 0.333 e. The summed E-state index contributed by atoms with van der Waals surface area (Å²) in [7, 11) is -2.49. The molecule has 1 aromatic carbocycles. The van der Waals surface area contributed by atoms with Crippen molar-refractivity contribution >= 4 is 37.7 Å². The fraction of sp³-hybridized carbons (Fsp3) is 0.444. The molecule has 0 fully saturated rings. The van der Waals surface area contributed by atoms with Gasteiger partial charge in [0.15, 0.2) is 5.03 Å². The molecule has 2 aliphatic carbocycles. The zero-order valence-electron chi connectivity index (χ0n) is 15.3. The number of hydrogen-bond donors (Lipinski definition) is 2. The smallest absolute Gasteiger partial charge is 0.307 e. The fourth-order valence-electron chi connectivity index (χ4n) is 4.09. The lowest BCUT2D eigenvalue weighted by atomic mass is 9.98. The molecule has 1 heterocycles. The highest BCUT2D eigenvalue weighted by atomic mass is 79.9. The van der Waals surface area contributed by atoms with Crippen LogP contribution in [0.25, 0.3) is 0 Å². The zero-order chi connectivity index (χ0) is 20.1. The predicted molar refractivity (Wildman–Crippen MR) is 106 cm³/mol. The van der Waals surface area contributed by atoms with E-state index in [0.717, 1.165) is 24.0 Å². The fourth-order valence-corrected chi connectivity index (χ4v) is 5.53. The van der Waals surface area contributed by atoms with Crippen LogP contribution in [-0.2, 0) is 48.1 Å². The number of anilines is 1. The lowest BCUT2D eigenvalue weighted by Gasteiger charge is -2.17. The number of halogens is 2. The first-order chi connectivity index (χ1) is 13.3. The zero-order valence-corrected chi connectivity index (χ0v) is 17.7. The Hall–Kier alpha value is -1.94. The summed E-state index contributed by atoms with van der Waals surface area (Å²) in [5, 5.41) is 6.85. The molecule has 7 nitrogen and oxygen atoms in total. The van der Waals surface area contributed by atoms with Gasteiger partial charge in [0.25, 0.3) is 10.0 Å². The second-order valence-electron chi connectivity index (χ2n) is 7.10. The number of sulfonamides is 1. The van der Waals surface area contributed by atoms with Crippen molar-refractivity contribution in [2.45, 2.75) is 48.9 Å². The molecule has 0 spiro atoms. The second-order valence-corrected chi connectivity index (χ2v) is 9.29. The summed E-state index contributed by atoms with van der Waals surface area (Å²) in [5.41, 5.74) is 4.15. The molecule has 1 aromatic heterocycles. The maximum atomic E-state index is 14.7. The topological polar surface area (TPSA) is 93.1 Å². The normalized spacial score (nSPS) is 15.4. The first-order valence-corrected chi connectivity index (χ1v) is 11.7. The van der Waals surface area contributed by atoms with Crippen molar-refractivity contribution in [2.24, 2.45) is 7.05 Å². The molecule has 2 amide bonds. The van der Waals surface area contributed by atoms with Crippen molar-refractivity contribution in [1.29, 1.82) is 0 Å². The first kappa shape index (κ1) is 19.4. The molecule has 2 N–H and O–H groups in total. The molecule has 0 saturated heterocycles. The number of fused-ring (bicyclic) bond motifs is 2. The van der Waals surface area contributed by atoms with Crippen molar-refractivity contribution < 1.29 is 17.6 Å². The molecule has 4 rings (SSSR count). The molecule has 28 heavy (non-hydrogen) atoms. The predicted octanol–water partition coefficient (Wildman–Crippen LogP) is 2.94. The number of nitrogens with zero attached hydrogens (tertiary/aromatic N) is 2. The standard InChI is InChI=1S/C18H20BrFN4O3S/c1-24-10(9-19)8-15(22-24)28(26,27)23-18(25)21-17-13-6-2-4-11(13)16(20)12-5-3-7-14(12)17/h8H,2-7,9H2,1H3,(H2,21,23,25). The van der Waals surface area contributed by atoms with Crippen LogP contribution in [-0.4, -0.2) is 24.2 Å². The van der Waals surface area contributed by atoms with E-state index in [2.05, 4.69) is 26.3 Å². The number of amides is 2. The number of aryl methyl sites for hydroxylation is 1. The molecule has 0 saturated carbocycles. The van der Waals surface area contributed by atoms with Gasteiger partial charge in [-0.25, -0.2) is 13.9 Å². The summed E-state index contributed by atoms with van der Waals surface area (Å²) in [5.74, 6) is -0.144. The van der Waals surface area contributed by atoms with E-state index in [1.165, 1.54) is 10.7 Å². The van der Waals surface area contributed by atoms with Crippen molar-refractivity contribution in [3.05, 3.63) is 39.8 Å². The van der Waals surface area contributed by atoms with Gasteiger partial charge in [-0.1, -0.05) is 15.9 Å². The summed E-state index contributed by atoms with van der Waals surface area (Å²) in [4.78, 5) is 12.5. The van der Waals surface area contributed by atoms with Crippen LogP contribution < -0.4 is 10.0 Å². The van der Waals surface area contributed by atoms with E-state index in [-0.39, 0.29) is 10.8 Å². The minimum absolute atomic E-state index is 0.144. The van der Waals surface area contributed by atoms with Crippen LogP contribution in [0.15, 0.2) is 11.1 Å². The van der Waals surface area contributed by atoms with Crippen LogP contribution in [0.2, 0.25) is 0 Å². The Bertz CT molecular complexity index is 1050. The van der Waals surface area contributed by atoms with Gasteiger partial charge in [-0.2, -0.15) is 13.5 Å². The molecule has 0 atom stereocenters. The van der Waals surface area contributed by atoms with Crippen molar-refractivity contribution in [3.63, 3.8) is 0 Å². The van der Waals surface area contributed by atoms with E-state index in [9.17, 15) is 17.6 Å². The molecule has 2 aliphatic rings. The van der Waals surface area contributed by atoms with Crippen molar-refractivity contribution in [1.82, 2.24) is 14.5 Å². The Balaban J connectivity index is 1.61. The summed E-state index contributed by atoms with van der Waals surface area (Å²) in [6.07, 6.45) is 4.30. The highest BCUT2D eigenvalue weighted by molar-refractivity contribution is 9.08. The second kappa shape index (κ2) is 7.14. The Labute approximate surface area is 170 Å². The lowest BCUT2D eigenvalue weighted by Crippen LogP contribution is -2.35. The van der Waals surface area contributed by atoms with Crippen LogP contribution in [0.3, 0.4) is 0 Å². The third kappa shape index (κ3) is 3.22. The summed E-state index contributed by atoms with van der Waals surface area (Å²) >= 11 is 3.26. The molecule has 10 heteroatoms. The Morgan fingerprint density at radius 2 is 1.75 bits per heavy atom. The highest BCUT2D eigenvalue weighted by Crippen LogP contribution is 2.40. The number of carbonyl (C=O) groups is 1. The Morgan fingerprint density at radius 3 is 2.29 bits per heavy atom. The molecule has 2 aromatic rings. The third-order valence-electron chi connectivity index (χ3n) is 5.40. The molecular weight excluding hydrogens is 451 g/mol. The van der Waals surface area contributed by atoms with Gasteiger partial charge < -0.3 is 5.32 Å². The molecule has 0 unspecified atom stereocenters. The average molecular weight is 471 g/mol. The number of nitrogens with one attached hydrogen (secondary N) is 2. The van der Waals surface area contributed by atoms with Crippen LogP contribution in [0.4, 0.5) is 14.9 Å². The number of hydrogen-bond acceptors (Lipinski definition) is 4. The molecular formula is C18H20BrFN4O3S. The van der Waals surface area contributed by atoms with Crippen LogP contribution >= 0.6 is 15.9 Å². The lowest BCUT2D eigenvalue weighted by molar-refractivity contribution is 0.256. The van der Waals surface area contributed by atoms with Crippen LogP contribution in [0, 0.1) is 5.82 Å². The summed E-state index contributed by atoms with van der Waals surface area (Å²) in [6, 6.07) is 0.540. The van der Waals surface area contributed by atoms with Gasteiger partial charge in [0, 0.05) is 24.1 Å². The number of aromatic nitrogens is 2. The van der Waals surface area contributed by atoms with Gasteiger partial charge in [0.2, 0.25) is 0 Å². The van der Waals surface area contributed by atoms with Crippen LogP contribution in [0.1, 0.15) is 40.8 Å². The number of carbonyl (C=O) groups excluding carboxylic acids is 1. The maximum absolute atomic E-state index is 14.7. The van der Waals surface area contributed by atoms with Crippen molar-refractivity contribution in [3.8, 4) is 0 Å². The third-order valence-corrected chi connectivity index (χ3v) is 7.18. The number of benzene rings is 1. The van der Waals surface area contributed by atoms with E-state index in [1.54, 1.807) is 7.05 Å². The van der Waals surface area contributed by atoms with E-state index < -0.39 is 16.1 Å². The maximum Gasteiger partial charge on any atom is 0.333 e. The minimum Gasteiger partial charge on any atom is -0.307 e. The Kier molecular flexibility index (Phi) is 4.95. The van der Waals surface area contributed by atoms with Crippen molar-refractivity contribution in [2.75, 3.05) is 5.32 Å². The summed E-state index contributed by atoms with van der Waals surface area (Å²) in [6.45, 7) is 0. The van der Waals surface area contributed by atoms with Gasteiger partial charge in [-0.15, -0.1) is 0 Å². The van der Waals surface area contributed by atoms with Gasteiger partial charge in [0.1, 0.15) is 5.82 Å². The average Bonchev–Trinajstić information content (AvgIpc) is 3.37. The molecule has 150 valence electrons. The molecule has 0 aliphatic heterocycles. The van der Waals surface area contributed by atoms with Gasteiger partial charge in [0.05, 0.1) is 5.69 Å². The Morgan fingerprint density at radius 1 is 1.18 bits per heavy atom. The SMILES string of the molecule is Cn1nc(S(=O)(=O)NC(=O)Nc2c3c(c(F)c4c2CCC4)CCC3)cc1CBr. The van der Waals surface area contributed by atoms with E-state index in [4.69, 9.17) is 0 Å². The summed E-state index contributed by atoms with van der Waals surface area (Å²) < 4.78 is 43.2. The van der Waals surface area contributed by atoms with E-state index in [0.29, 0.717) is 53.5 Å². The van der Waals surface area contributed by atoms with E-state index in [1.807, 2.05) is 4.72 Å². The van der Waals surface area contributed by atoms with Gasteiger partial charge in [-0.3, -0.25) is 4.68 Å². The van der Waals surface area contributed by atoms with Gasteiger partial charge in [-0.05, 0) is 60.8 Å².